The van der Waals surface area contributed by atoms with E-state index in [1.165, 1.54) is 0 Å². The minimum Gasteiger partial charge on any atom is -0.387 e. The van der Waals surface area contributed by atoms with Gasteiger partial charge in [0.1, 0.15) is 30.3 Å². The molecule has 0 amide bonds. The van der Waals surface area contributed by atoms with Gasteiger partial charge in [0.05, 0.1) is 9.86 Å². The highest BCUT2D eigenvalue weighted by Gasteiger charge is 2.31. The van der Waals surface area contributed by atoms with E-state index in [1.54, 1.807) is 6.92 Å². The molecule has 2 rings (SSSR count). The third kappa shape index (κ3) is 5.49. The number of aliphatic hydroxyl groups is 1. The van der Waals surface area contributed by atoms with Gasteiger partial charge in [0.25, 0.3) is 0 Å². The summed E-state index contributed by atoms with van der Waals surface area (Å²) < 4.78 is 71.0. The molecule has 0 aliphatic heterocycles. The number of aliphatic hydroxyl groups excluding tert-OH is 1. The van der Waals surface area contributed by atoms with E-state index in [0.29, 0.717) is 22.0 Å². The van der Waals surface area contributed by atoms with E-state index in [9.17, 15) is 26.3 Å². The number of aromatic nitrogens is 3. The molecule has 0 fully saturated rings. The molecule has 24 heavy (non-hydrogen) atoms. The van der Waals surface area contributed by atoms with Crippen molar-refractivity contribution < 1.29 is 31.4 Å². The van der Waals surface area contributed by atoms with Gasteiger partial charge in [-0.1, -0.05) is 18.5 Å². The minimum absolute atomic E-state index is 0.141. The summed E-state index contributed by atoms with van der Waals surface area (Å²) in [6.07, 6.45) is -7.13. The SMILES string of the molecule is CCc1c(Br)c2c(Cl)ncnc2n1CC(F)(F)F.OCC(F)(F)F. The number of hydrogen-bond acceptors (Lipinski definition) is 3. The van der Waals surface area contributed by atoms with Crippen LogP contribution >= 0.6 is 27.5 Å². The number of fused-ring (bicyclic) bond motifs is 1. The van der Waals surface area contributed by atoms with Gasteiger partial charge in [-0.2, -0.15) is 26.3 Å². The van der Waals surface area contributed by atoms with Crippen LogP contribution in [0.25, 0.3) is 11.0 Å². The summed E-state index contributed by atoms with van der Waals surface area (Å²) in [5.74, 6) is 0. The summed E-state index contributed by atoms with van der Waals surface area (Å²) in [5.41, 5.74) is 0.695. The second-order valence-electron chi connectivity index (χ2n) is 4.45. The third-order valence-electron chi connectivity index (χ3n) is 2.69. The first kappa shape index (κ1) is 21.0. The number of halogens is 8. The first-order valence-corrected chi connectivity index (χ1v) is 7.49. The van der Waals surface area contributed by atoms with Gasteiger partial charge in [0.15, 0.2) is 0 Å². The summed E-state index contributed by atoms with van der Waals surface area (Å²) in [6, 6.07) is 0. The van der Waals surface area contributed by atoms with E-state index in [1.807, 2.05) is 0 Å². The zero-order valence-corrected chi connectivity index (χ0v) is 14.4. The predicted molar refractivity (Wildman–Crippen MR) is 78.8 cm³/mol. The van der Waals surface area contributed by atoms with E-state index < -0.39 is 25.5 Å². The Morgan fingerprint density at radius 2 is 1.71 bits per heavy atom. The summed E-state index contributed by atoms with van der Waals surface area (Å²) >= 11 is 9.17. The van der Waals surface area contributed by atoms with E-state index in [0.717, 1.165) is 10.9 Å². The standard InChI is InChI=1S/C10H8BrClF3N3.C2H3F3O/c1-2-5-7(11)6-8(12)16-4-17-9(6)18(5)3-10(13,14)15;3-2(4,5)1-6/h4H,2-3H2,1H3;6H,1H2. The maximum absolute atomic E-state index is 12.6. The van der Waals surface area contributed by atoms with Gasteiger partial charge >= 0.3 is 12.4 Å². The monoisotopic (exact) mass is 441 g/mol. The van der Waals surface area contributed by atoms with Crippen molar-refractivity contribution in [2.45, 2.75) is 32.2 Å². The molecule has 0 atom stereocenters. The Balaban J connectivity index is 0.000000413. The molecule has 0 saturated heterocycles. The van der Waals surface area contributed by atoms with Crippen molar-refractivity contribution in [1.29, 1.82) is 0 Å². The number of hydrogen-bond donors (Lipinski definition) is 1. The zero-order valence-electron chi connectivity index (χ0n) is 12.0. The molecule has 0 bridgehead atoms. The van der Waals surface area contributed by atoms with Gasteiger partial charge in [-0.25, -0.2) is 9.97 Å². The van der Waals surface area contributed by atoms with E-state index in [4.69, 9.17) is 16.7 Å². The van der Waals surface area contributed by atoms with Crippen molar-refractivity contribution >= 4 is 38.6 Å². The lowest BCUT2D eigenvalue weighted by Gasteiger charge is -2.11. The lowest BCUT2D eigenvalue weighted by atomic mass is 10.3. The molecule has 0 spiro atoms. The molecule has 4 nitrogen and oxygen atoms in total. The van der Waals surface area contributed by atoms with Gasteiger partial charge in [-0.15, -0.1) is 0 Å². The topological polar surface area (TPSA) is 50.9 Å². The molecule has 12 heteroatoms. The second kappa shape index (κ2) is 7.87. The molecule has 2 aromatic rings. The van der Waals surface area contributed by atoms with Crippen LogP contribution in [0.15, 0.2) is 10.8 Å². The van der Waals surface area contributed by atoms with Crippen LogP contribution < -0.4 is 0 Å². The minimum atomic E-state index is -4.40. The lowest BCUT2D eigenvalue weighted by Crippen LogP contribution is -2.19. The van der Waals surface area contributed by atoms with E-state index >= 15 is 0 Å². The van der Waals surface area contributed by atoms with E-state index in [2.05, 4.69) is 25.9 Å². The fraction of sp³-hybridized carbons (Fsp3) is 0.500. The molecule has 0 saturated carbocycles. The van der Waals surface area contributed by atoms with Crippen LogP contribution in [-0.4, -0.2) is 38.6 Å². The smallest absolute Gasteiger partial charge is 0.387 e. The van der Waals surface area contributed by atoms with E-state index in [-0.39, 0.29) is 10.8 Å². The predicted octanol–water partition coefficient (Wildman–Crippen LogP) is 4.51. The summed E-state index contributed by atoms with van der Waals surface area (Å²) in [5, 5.41) is 7.84. The molecule has 0 aromatic carbocycles. The summed E-state index contributed by atoms with van der Waals surface area (Å²) in [6.45, 7) is -1.05. The molecule has 0 unspecified atom stereocenters. The highest BCUT2D eigenvalue weighted by atomic mass is 79.9. The highest BCUT2D eigenvalue weighted by molar-refractivity contribution is 9.10. The molecule has 2 heterocycles. The van der Waals surface area contributed by atoms with Crippen LogP contribution in [0.3, 0.4) is 0 Å². The third-order valence-corrected chi connectivity index (χ3v) is 3.83. The van der Waals surface area contributed by atoms with Crippen molar-refractivity contribution in [1.82, 2.24) is 14.5 Å². The average Bonchev–Trinajstić information content (AvgIpc) is 2.70. The van der Waals surface area contributed by atoms with Crippen LogP contribution in [0, 0.1) is 0 Å². The van der Waals surface area contributed by atoms with Gasteiger partial charge in [0, 0.05) is 5.69 Å². The Hall–Kier alpha value is -1.07. The Morgan fingerprint density at radius 3 is 2.12 bits per heavy atom. The molecule has 0 aliphatic carbocycles. The first-order chi connectivity index (χ1) is 10.9. The molecule has 2 aromatic heterocycles. The lowest BCUT2D eigenvalue weighted by molar-refractivity contribution is -0.159. The van der Waals surface area contributed by atoms with Crippen molar-refractivity contribution in [2.75, 3.05) is 6.61 Å². The van der Waals surface area contributed by atoms with Crippen LogP contribution in [0.2, 0.25) is 5.15 Å². The molecular formula is C12H11BrClF6N3O. The first-order valence-electron chi connectivity index (χ1n) is 6.32. The summed E-state index contributed by atoms with van der Waals surface area (Å²) in [7, 11) is 0. The van der Waals surface area contributed by atoms with Crippen molar-refractivity contribution in [3.8, 4) is 0 Å². The number of nitrogens with zero attached hydrogens (tertiary/aromatic N) is 3. The van der Waals surface area contributed by atoms with Crippen LogP contribution in [0.5, 0.6) is 0 Å². The largest absolute Gasteiger partial charge is 0.411 e. The van der Waals surface area contributed by atoms with Crippen molar-refractivity contribution in [3.63, 3.8) is 0 Å². The molecular weight excluding hydrogens is 431 g/mol. The van der Waals surface area contributed by atoms with Gasteiger partial charge < -0.3 is 9.67 Å². The molecule has 1 N–H and O–H groups in total. The Labute approximate surface area is 145 Å². The summed E-state index contributed by atoms with van der Waals surface area (Å²) in [4.78, 5) is 7.68. The van der Waals surface area contributed by atoms with Crippen LogP contribution in [0.4, 0.5) is 26.3 Å². The quantitative estimate of drug-likeness (QED) is 0.550. The number of rotatable bonds is 2. The number of alkyl halides is 6. The molecule has 0 radical (unpaired) electrons. The van der Waals surface area contributed by atoms with Gasteiger partial charge in [-0.3, -0.25) is 0 Å². The van der Waals surface area contributed by atoms with Crippen LogP contribution in [0.1, 0.15) is 12.6 Å². The molecule has 0 aliphatic rings. The second-order valence-corrected chi connectivity index (χ2v) is 5.60. The Bertz CT molecular complexity index is 701. The Kier molecular flexibility index (Phi) is 6.88. The van der Waals surface area contributed by atoms with Gasteiger partial charge in [0.2, 0.25) is 0 Å². The maximum Gasteiger partial charge on any atom is 0.411 e. The van der Waals surface area contributed by atoms with Crippen LogP contribution in [-0.2, 0) is 13.0 Å². The highest BCUT2D eigenvalue weighted by Crippen LogP contribution is 2.35. The maximum atomic E-state index is 12.6. The fourth-order valence-corrected chi connectivity index (χ4v) is 3.03. The van der Waals surface area contributed by atoms with Crippen molar-refractivity contribution in [3.05, 3.63) is 21.6 Å². The average molecular weight is 443 g/mol. The molecule has 136 valence electrons. The zero-order chi connectivity index (χ0) is 18.7. The fourth-order valence-electron chi connectivity index (χ4n) is 1.84. The van der Waals surface area contributed by atoms with Crippen molar-refractivity contribution in [2.24, 2.45) is 0 Å². The normalized spacial score (nSPS) is 12.2. The Morgan fingerprint density at radius 1 is 1.17 bits per heavy atom. The van der Waals surface area contributed by atoms with Gasteiger partial charge in [-0.05, 0) is 22.4 Å².